The fourth-order valence-electron chi connectivity index (χ4n) is 5.66. The number of aromatic nitrogens is 2. The molecule has 1 fully saturated rings. The molecule has 4 aromatic rings. The standard InChI is InChI=1S/C37H43ClN6O4/c1-37(2,3)48-36(46)43(25-26-13-14-29(31(38)20-26)28-10-5-4-6-11-28)18-15-34(45)41-17-9-16-40-32-21-27(23-39)22-33-30(32)24-42-44(33)35-12-7-8-19-47-35/h4-6,10-11,13-14,20-22,24,35,40H,7-9,12,15-19,25H2,1-3H3,(H,41,45). The maximum absolute atomic E-state index is 13.1. The largest absolute Gasteiger partial charge is 0.444 e. The third kappa shape index (κ3) is 9.27. The molecule has 3 aromatic carbocycles. The predicted molar refractivity (Wildman–Crippen MR) is 188 cm³/mol. The molecule has 1 aromatic heterocycles. The predicted octanol–water partition coefficient (Wildman–Crippen LogP) is 7.67. The summed E-state index contributed by atoms with van der Waals surface area (Å²) in [5.74, 6) is -0.163. The number of carbonyl (C=O) groups excluding carboxylic acids is 2. The van der Waals surface area contributed by atoms with Crippen LogP contribution in [0.2, 0.25) is 5.02 Å². The van der Waals surface area contributed by atoms with Crippen molar-refractivity contribution in [1.82, 2.24) is 20.0 Å². The highest BCUT2D eigenvalue weighted by molar-refractivity contribution is 6.33. The SMILES string of the molecule is CC(C)(C)OC(=O)N(CCC(=O)NCCCNc1cc(C#N)cc2c1cnn2C1CCCCO1)Cc1ccc(-c2ccccc2)c(Cl)c1. The molecule has 0 radical (unpaired) electrons. The Bertz CT molecular complexity index is 1760. The van der Waals surface area contributed by atoms with Crippen LogP contribution < -0.4 is 10.6 Å². The van der Waals surface area contributed by atoms with Crippen LogP contribution >= 0.6 is 11.6 Å². The molecule has 2 amide bonds. The normalized spacial score (nSPS) is 14.7. The highest BCUT2D eigenvalue weighted by atomic mass is 35.5. The average Bonchev–Trinajstić information content (AvgIpc) is 3.50. The van der Waals surface area contributed by atoms with Crippen LogP contribution in [-0.4, -0.2) is 58.5 Å². The molecule has 48 heavy (non-hydrogen) atoms. The van der Waals surface area contributed by atoms with Crippen LogP contribution in [0.25, 0.3) is 22.0 Å². The van der Waals surface area contributed by atoms with E-state index in [-0.39, 0.29) is 31.6 Å². The molecule has 0 saturated carbocycles. The fraction of sp³-hybridized carbons (Fsp3) is 0.405. The number of nitrogens with one attached hydrogen (secondary N) is 2. The molecule has 1 aliphatic rings. The van der Waals surface area contributed by atoms with Gasteiger partial charge in [0.1, 0.15) is 5.60 Å². The third-order valence-corrected chi connectivity index (χ3v) is 8.33. The van der Waals surface area contributed by atoms with Crippen LogP contribution in [0.3, 0.4) is 0 Å². The van der Waals surface area contributed by atoms with Gasteiger partial charge in [-0.25, -0.2) is 9.48 Å². The van der Waals surface area contributed by atoms with Crippen LogP contribution in [0.5, 0.6) is 0 Å². The first kappa shape index (κ1) is 34.7. The zero-order valence-corrected chi connectivity index (χ0v) is 28.6. The van der Waals surface area contributed by atoms with E-state index in [1.807, 2.05) is 86.1 Å². The van der Waals surface area contributed by atoms with Crippen molar-refractivity contribution in [2.24, 2.45) is 0 Å². The second-order valence-electron chi connectivity index (χ2n) is 12.9. The Morgan fingerprint density at radius 2 is 1.94 bits per heavy atom. The minimum Gasteiger partial charge on any atom is -0.444 e. The van der Waals surface area contributed by atoms with Crippen molar-refractivity contribution in [3.8, 4) is 17.2 Å². The third-order valence-electron chi connectivity index (χ3n) is 8.02. The summed E-state index contributed by atoms with van der Waals surface area (Å²) in [7, 11) is 0. The quantitative estimate of drug-likeness (QED) is 0.148. The molecule has 11 heteroatoms. The van der Waals surface area contributed by atoms with E-state index >= 15 is 0 Å². The molecule has 1 saturated heterocycles. The number of nitriles is 1. The number of fused-ring (bicyclic) bond motifs is 1. The average molecular weight is 671 g/mol. The van der Waals surface area contributed by atoms with E-state index in [9.17, 15) is 14.9 Å². The number of ether oxygens (including phenoxy) is 2. The molecular weight excluding hydrogens is 628 g/mol. The monoisotopic (exact) mass is 670 g/mol. The lowest BCUT2D eigenvalue weighted by molar-refractivity contribution is -0.121. The fourth-order valence-corrected chi connectivity index (χ4v) is 5.97. The van der Waals surface area contributed by atoms with E-state index in [4.69, 9.17) is 21.1 Å². The molecule has 1 unspecified atom stereocenters. The number of hydrogen-bond donors (Lipinski definition) is 2. The molecule has 10 nitrogen and oxygen atoms in total. The Labute approximate surface area is 287 Å². The lowest BCUT2D eigenvalue weighted by Gasteiger charge is -2.27. The summed E-state index contributed by atoms with van der Waals surface area (Å²) in [6.07, 6.45) is 4.98. The molecule has 252 valence electrons. The maximum atomic E-state index is 13.1. The highest BCUT2D eigenvalue weighted by Crippen LogP contribution is 2.31. The summed E-state index contributed by atoms with van der Waals surface area (Å²) in [6, 6.07) is 21.5. The molecule has 5 rings (SSSR count). The summed E-state index contributed by atoms with van der Waals surface area (Å²) in [6.45, 7) is 7.61. The first-order valence-electron chi connectivity index (χ1n) is 16.5. The van der Waals surface area contributed by atoms with Gasteiger partial charge in [-0.2, -0.15) is 10.4 Å². The van der Waals surface area contributed by atoms with Crippen molar-refractivity contribution in [2.75, 3.05) is 31.6 Å². The summed E-state index contributed by atoms with van der Waals surface area (Å²) in [5.41, 5.74) is 4.30. The Balaban J connectivity index is 1.14. The van der Waals surface area contributed by atoms with Gasteiger partial charge in [0.15, 0.2) is 6.23 Å². The van der Waals surface area contributed by atoms with Gasteiger partial charge in [0, 0.05) is 60.9 Å². The Morgan fingerprint density at radius 1 is 1.12 bits per heavy atom. The van der Waals surface area contributed by atoms with Crippen LogP contribution in [-0.2, 0) is 20.8 Å². The van der Waals surface area contributed by atoms with Gasteiger partial charge < -0.3 is 25.0 Å². The van der Waals surface area contributed by atoms with E-state index in [1.165, 1.54) is 4.90 Å². The van der Waals surface area contributed by atoms with Gasteiger partial charge in [-0.1, -0.05) is 54.1 Å². The van der Waals surface area contributed by atoms with Gasteiger partial charge in [0.2, 0.25) is 5.91 Å². The lowest BCUT2D eigenvalue weighted by atomic mass is 10.0. The number of anilines is 1. The Morgan fingerprint density at radius 3 is 2.65 bits per heavy atom. The van der Waals surface area contributed by atoms with Crippen molar-refractivity contribution in [2.45, 2.75) is 71.2 Å². The Kier molecular flexibility index (Phi) is 11.6. The van der Waals surface area contributed by atoms with Gasteiger partial charge >= 0.3 is 6.09 Å². The van der Waals surface area contributed by atoms with E-state index in [0.717, 1.165) is 52.5 Å². The second kappa shape index (κ2) is 16.0. The van der Waals surface area contributed by atoms with Crippen LogP contribution in [0.1, 0.15) is 70.2 Å². The van der Waals surface area contributed by atoms with Gasteiger partial charge in [-0.15, -0.1) is 0 Å². The smallest absolute Gasteiger partial charge is 0.410 e. The van der Waals surface area contributed by atoms with Crippen molar-refractivity contribution in [3.05, 3.63) is 83.0 Å². The first-order chi connectivity index (χ1) is 23.1. The van der Waals surface area contributed by atoms with Crippen molar-refractivity contribution < 1.29 is 19.1 Å². The summed E-state index contributed by atoms with van der Waals surface area (Å²) < 4.78 is 13.4. The lowest BCUT2D eigenvalue weighted by Crippen LogP contribution is -2.39. The minimum atomic E-state index is -0.680. The number of carbonyl (C=O) groups is 2. The summed E-state index contributed by atoms with van der Waals surface area (Å²) >= 11 is 6.63. The number of halogens is 1. The van der Waals surface area contributed by atoms with Crippen molar-refractivity contribution in [3.63, 3.8) is 0 Å². The minimum absolute atomic E-state index is 0.121. The van der Waals surface area contributed by atoms with Crippen LogP contribution in [0.15, 0.2) is 66.9 Å². The number of nitrogens with zero attached hydrogens (tertiary/aromatic N) is 4. The van der Waals surface area contributed by atoms with E-state index in [1.54, 1.807) is 6.20 Å². The summed E-state index contributed by atoms with van der Waals surface area (Å²) in [4.78, 5) is 27.5. The molecule has 0 bridgehead atoms. The molecule has 1 atom stereocenters. The number of benzene rings is 3. The van der Waals surface area contributed by atoms with Crippen molar-refractivity contribution >= 4 is 40.2 Å². The first-order valence-corrected chi connectivity index (χ1v) is 16.8. The van der Waals surface area contributed by atoms with Gasteiger partial charge in [0.05, 0.1) is 23.3 Å². The topological polar surface area (TPSA) is 122 Å². The van der Waals surface area contributed by atoms with Crippen molar-refractivity contribution in [1.29, 1.82) is 5.26 Å². The van der Waals surface area contributed by atoms with Gasteiger partial charge in [0.25, 0.3) is 0 Å². The summed E-state index contributed by atoms with van der Waals surface area (Å²) in [5, 5.41) is 22.1. The maximum Gasteiger partial charge on any atom is 0.410 e. The Hall–Kier alpha value is -4.59. The van der Waals surface area contributed by atoms with Gasteiger partial charge in [-0.05, 0) is 75.8 Å². The van der Waals surface area contributed by atoms with Gasteiger partial charge in [-0.3, -0.25) is 4.79 Å². The van der Waals surface area contributed by atoms with Crippen LogP contribution in [0, 0.1) is 11.3 Å². The van der Waals surface area contributed by atoms with E-state index in [0.29, 0.717) is 36.7 Å². The zero-order valence-electron chi connectivity index (χ0n) is 27.8. The highest BCUT2D eigenvalue weighted by Gasteiger charge is 2.24. The number of rotatable bonds is 12. The molecule has 1 aliphatic heterocycles. The molecule has 0 aliphatic carbocycles. The molecule has 2 heterocycles. The van der Waals surface area contributed by atoms with Crippen LogP contribution in [0.4, 0.5) is 10.5 Å². The molecule has 2 N–H and O–H groups in total. The van der Waals surface area contributed by atoms with E-state index in [2.05, 4.69) is 21.8 Å². The van der Waals surface area contributed by atoms with E-state index < -0.39 is 11.7 Å². The molecular formula is C37H43ClN6O4. The molecule has 0 spiro atoms. The number of amides is 2. The second-order valence-corrected chi connectivity index (χ2v) is 13.3. The number of hydrogen-bond acceptors (Lipinski definition) is 7. The zero-order chi connectivity index (χ0) is 34.1.